The fourth-order valence-electron chi connectivity index (χ4n) is 3.67. The maximum absolute atomic E-state index is 12.8. The molecule has 2 aromatic heterocycles. The number of aromatic nitrogens is 3. The van der Waals surface area contributed by atoms with Crippen molar-refractivity contribution >= 4 is 11.8 Å². The van der Waals surface area contributed by atoms with Crippen LogP contribution in [0.25, 0.3) is 11.6 Å². The van der Waals surface area contributed by atoms with Gasteiger partial charge in [0.2, 0.25) is 11.8 Å². The molecule has 2 aromatic rings. The van der Waals surface area contributed by atoms with E-state index in [-0.39, 0.29) is 23.7 Å². The number of rotatable bonds is 3. The smallest absolute Gasteiger partial charge is 0.276 e. The first kappa shape index (κ1) is 16.7. The van der Waals surface area contributed by atoms with Crippen LogP contribution in [0.3, 0.4) is 0 Å². The molecular weight excluding hydrogens is 334 g/mol. The third-order valence-electron chi connectivity index (χ3n) is 5.11. The fraction of sp³-hybridized carbons (Fsp3) is 0.500. The van der Waals surface area contributed by atoms with Crippen molar-refractivity contribution in [3.05, 3.63) is 30.2 Å². The minimum Gasteiger partial charge on any atom is -0.345 e. The largest absolute Gasteiger partial charge is 0.345 e. The SMILES string of the molecule is CN1C[C@H](C(=O)N2CCC[C@@H](c3noc(-c4ccccn4)n3)C2)CC1=O. The van der Waals surface area contributed by atoms with Crippen molar-refractivity contribution in [1.29, 1.82) is 0 Å². The standard InChI is InChI=1S/C18H21N5O3/c1-22-10-13(9-15(22)24)18(25)23-8-4-5-12(11-23)16-20-17(26-21-16)14-6-2-3-7-19-14/h2-3,6-7,12-13H,4-5,8-11H2,1H3/t12-,13-/m1/s1. The highest BCUT2D eigenvalue weighted by molar-refractivity contribution is 5.89. The van der Waals surface area contributed by atoms with Gasteiger partial charge in [0.15, 0.2) is 5.82 Å². The number of hydrogen-bond donors (Lipinski definition) is 0. The highest BCUT2D eigenvalue weighted by Crippen LogP contribution is 2.28. The van der Waals surface area contributed by atoms with E-state index >= 15 is 0 Å². The van der Waals surface area contributed by atoms with Gasteiger partial charge in [0.05, 0.1) is 5.92 Å². The molecule has 8 heteroatoms. The summed E-state index contributed by atoms with van der Waals surface area (Å²) in [6, 6.07) is 5.52. The number of carbonyl (C=O) groups is 2. The summed E-state index contributed by atoms with van der Waals surface area (Å²) in [6.07, 6.45) is 3.79. The predicted molar refractivity (Wildman–Crippen MR) is 91.8 cm³/mol. The molecule has 8 nitrogen and oxygen atoms in total. The minimum absolute atomic E-state index is 0.0371. The van der Waals surface area contributed by atoms with Crippen LogP contribution in [0.15, 0.2) is 28.9 Å². The van der Waals surface area contributed by atoms with Crippen LogP contribution in [0, 0.1) is 5.92 Å². The summed E-state index contributed by atoms with van der Waals surface area (Å²) >= 11 is 0. The van der Waals surface area contributed by atoms with Crippen molar-refractivity contribution in [2.45, 2.75) is 25.2 Å². The van der Waals surface area contributed by atoms with Crippen molar-refractivity contribution < 1.29 is 14.1 Å². The van der Waals surface area contributed by atoms with E-state index < -0.39 is 0 Å². The summed E-state index contributed by atoms with van der Waals surface area (Å²) in [7, 11) is 1.74. The number of amides is 2. The molecule has 0 N–H and O–H groups in total. The Kier molecular flexibility index (Phi) is 4.40. The second kappa shape index (κ2) is 6.86. The van der Waals surface area contributed by atoms with Gasteiger partial charge < -0.3 is 14.3 Å². The van der Waals surface area contributed by atoms with Gasteiger partial charge in [-0.3, -0.25) is 14.6 Å². The summed E-state index contributed by atoms with van der Waals surface area (Å²) in [5.41, 5.74) is 0.641. The summed E-state index contributed by atoms with van der Waals surface area (Å²) in [5.74, 6) is 0.912. The van der Waals surface area contributed by atoms with Crippen LogP contribution in [0.5, 0.6) is 0 Å². The first-order valence-electron chi connectivity index (χ1n) is 8.89. The van der Waals surface area contributed by atoms with Crippen LogP contribution in [0.1, 0.15) is 31.0 Å². The lowest BCUT2D eigenvalue weighted by Crippen LogP contribution is -2.43. The number of nitrogens with zero attached hydrogens (tertiary/aromatic N) is 5. The number of hydrogen-bond acceptors (Lipinski definition) is 6. The molecule has 4 rings (SSSR count). The van der Waals surface area contributed by atoms with Crippen molar-refractivity contribution in [2.24, 2.45) is 5.92 Å². The van der Waals surface area contributed by atoms with Gasteiger partial charge in [-0.1, -0.05) is 11.2 Å². The van der Waals surface area contributed by atoms with Crippen molar-refractivity contribution in [3.8, 4) is 11.6 Å². The lowest BCUT2D eigenvalue weighted by atomic mass is 9.95. The zero-order valence-electron chi connectivity index (χ0n) is 14.7. The Labute approximate surface area is 151 Å². The Balaban J connectivity index is 1.45. The molecule has 4 heterocycles. The van der Waals surface area contributed by atoms with Gasteiger partial charge in [-0.05, 0) is 25.0 Å². The normalized spacial score (nSPS) is 23.5. The molecule has 2 aliphatic heterocycles. The van der Waals surface area contributed by atoms with E-state index in [1.165, 1.54) is 0 Å². The summed E-state index contributed by atoms with van der Waals surface area (Å²) < 4.78 is 5.35. The van der Waals surface area contributed by atoms with Gasteiger partial charge in [-0.25, -0.2) is 0 Å². The monoisotopic (exact) mass is 355 g/mol. The number of piperidine rings is 1. The zero-order valence-corrected chi connectivity index (χ0v) is 14.7. The molecule has 26 heavy (non-hydrogen) atoms. The Morgan fingerprint density at radius 2 is 2.19 bits per heavy atom. The third-order valence-corrected chi connectivity index (χ3v) is 5.11. The molecule has 2 amide bonds. The Hall–Kier alpha value is -2.77. The fourth-order valence-corrected chi connectivity index (χ4v) is 3.67. The molecule has 0 saturated carbocycles. The molecule has 0 spiro atoms. The molecule has 0 bridgehead atoms. The van der Waals surface area contributed by atoms with Crippen LogP contribution in [0.2, 0.25) is 0 Å². The van der Waals surface area contributed by atoms with Crippen LogP contribution in [0.4, 0.5) is 0 Å². The topological polar surface area (TPSA) is 92.4 Å². The van der Waals surface area contributed by atoms with Gasteiger partial charge >= 0.3 is 0 Å². The van der Waals surface area contributed by atoms with E-state index in [4.69, 9.17) is 4.52 Å². The number of likely N-dealkylation sites (tertiary alicyclic amines) is 2. The van der Waals surface area contributed by atoms with Gasteiger partial charge in [-0.2, -0.15) is 4.98 Å². The highest BCUT2D eigenvalue weighted by Gasteiger charge is 2.37. The maximum Gasteiger partial charge on any atom is 0.276 e. The predicted octanol–water partition coefficient (Wildman–Crippen LogP) is 1.32. The van der Waals surface area contributed by atoms with Crippen LogP contribution in [-0.2, 0) is 9.59 Å². The van der Waals surface area contributed by atoms with Crippen LogP contribution >= 0.6 is 0 Å². The molecule has 136 valence electrons. The average Bonchev–Trinajstić information content (AvgIpc) is 3.29. The van der Waals surface area contributed by atoms with E-state index in [2.05, 4.69) is 15.1 Å². The van der Waals surface area contributed by atoms with E-state index in [1.54, 1.807) is 18.1 Å². The highest BCUT2D eigenvalue weighted by atomic mass is 16.5. The van der Waals surface area contributed by atoms with E-state index in [0.29, 0.717) is 43.5 Å². The second-order valence-electron chi connectivity index (χ2n) is 6.97. The average molecular weight is 355 g/mol. The Morgan fingerprint density at radius 1 is 1.31 bits per heavy atom. The molecular formula is C18H21N5O3. The first-order valence-corrected chi connectivity index (χ1v) is 8.89. The summed E-state index contributed by atoms with van der Waals surface area (Å²) in [6.45, 7) is 1.79. The Bertz CT molecular complexity index is 806. The summed E-state index contributed by atoms with van der Waals surface area (Å²) in [4.78, 5) is 36.7. The van der Waals surface area contributed by atoms with E-state index in [1.807, 2.05) is 23.1 Å². The quantitative estimate of drug-likeness (QED) is 0.824. The Morgan fingerprint density at radius 3 is 2.92 bits per heavy atom. The second-order valence-corrected chi connectivity index (χ2v) is 6.97. The number of pyridine rings is 1. The van der Waals surface area contributed by atoms with Crippen LogP contribution < -0.4 is 0 Å². The van der Waals surface area contributed by atoms with E-state index in [9.17, 15) is 9.59 Å². The maximum atomic E-state index is 12.8. The van der Waals surface area contributed by atoms with Gasteiger partial charge in [0, 0.05) is 45.2 Å². The van der Waals surface area contributed by atoms with Crippen molar-refractivity contribution in [2.75, 3.05) is 26.7 Å². The summed E-state index contributed by atoms with van der Waals surface area (Å²) in [5, 5.41) is 4.11. The van der Waals surface area contributed by atoms with Gasteiger partial charge in [0.1, 0.15) is 5.69 Å². The van der Waals surface area contributed by atoms with Crippen molar-refractivity contribution in [1.82, 2.24) is 24.9 Å². The molecule has 0 aromatic carbocycles. The molecule has 2 fully saturated rings. The molecule has 0 unspecified atom stereocenters. The third kappa shape index (κ3) is 3.18. The van der Waals surface area contributed by atoms with Gasteiger partial charge in [0.25, 0.3) is 5.89 Å². The van der Waals surface area contributed by atoms with Crippen molar-refractivity contribution in [3.63, 3.8) is 0 Å². The lowest BCUT2D eigenvalue weighted by molar-refractivity contribution is -0.137. The van der Waals surface area contributed by atoms with Gasteiger partial charge in [-0.15, -0.1) is 0 Å². The lowest BCUT2D eigenvalue weighted by Gasteiger charge is -2.32. The minimum atomic E-state index is -0.236. The number of carbonyl (C=O) groups excluding carboxylic acids is 2. The molecule has 2 saturated heterocycles. The molecule has 0 aliphatic carbocycles. The molecule has 2 atom stereocenters. The van der Waals surface area contributed by atoms with E-state index in [0.717, 1.165) is 12.8 Å². The zero-order chi connectivity index (χ0) is 18.1. The first-order chi connectivity index (χ1) is 12.6. The molecule has 0 radical (unpaired) electrons. The molecule has 2 aliphatic rings. The van der Waals surface area contributed by atoms with Crippen LogP contribution in [-0.4, -0.2) is 63.4 Å².